The Bertz CT molecular complexity index is 245. The minimum atomic E-state index is -0.106. The molecule has 2 aliphatic rings. The first-order valence-electron chi connectivity index (χ1n) is 5.84. The Morgan fingerprint density at radius 2 is 2.27 bits per heavy atom. The minimum Gasteiger partial charge on any atom is -0.465 e. The van der Waals surface area contributed by atoms with Gasteiger partial charge in [-0.25, -0.2) is 0 Å². The molecule has 1 saturated heterocycles. The highest BCUT2D eigenvalue weighted by atomic mass is 16.5. The van der Waals surface area contributed by atoms with Crippen LogP contribution in [-0.2, 0) is 9.53 Å². The SMILES string of the molecule is CCOC(=O)CN1CC2CCC(N)C2C1. The van der Waals surface area contributed by atoms with Crippen LogP contribution in [0.15, 0.2) is 0 Å². The molecule has 4 heteroatoms. The zero-order chi connectivity index (χ0) is 10.8. The second kappa shape index (κ2) is 4.49. The van der Waals surface area contributed by atoms with Gasteiger partial charge in [0.2, 0.25) is 0 Å². The van der Waals surface area contributed by atoms with Gasteiger partial charge in [0.25, 0.3) is 0 Å². The fourth-order valence-electron chi connectivity index (χ4n) is 2.92. The van der Waals surface area contributed by atoms with Crippen molar-refractivity contribution < 1.29 is 9.53 Å². The van der Waals surface area contributed by atoms with Gasteiger partial charge in [0.05, 0.1) is 13.2 Å². The zero-order valence-corrected chi connectivity index (χ0v) is 9.32. The number of carbonyl (C=O) groups is 1. The van der Waals surface area contributed by atoms with Gasteiger partial charge in [-0.1, -0.05) is 0 Å². The second-order valence-corrected chi connectivity index (χ2v) is 4.66. The Kier molecular flexibility index (Phi) is 3.26. The van der Waals surface area contributed by atoms with Crippen LogP contribution >= 0.6 is 0 Å². The summed E-state index contributed by atoms with van der Waals surface area (Å²) in [5, 5.41) is 0. The number of ether oxygens (including phenoxy) is 1. The fraction of sp³-hybridized carbons (Fsp3) is 0.909. The van der Waals surface area contributed by atoms with Crippen molar-refractivity contribution in [2.45, 2.75) is 25.8 Å². The Morgan fingerprint density at radius 3 is 2.93 bits per heavy atom. The molecule has 86 valence electrons. The first-order chi connectivity index (χ1) is 7.20. The number of nitrogens with zero attached hydrogens (tertiary/aromatic N) is 1. The average molecular weight is 212 g/mol. The standard InChI is InChI=1S/C11H20N2O2/c1-2-15-11(14)7-13-5-8-3-4-10(12)9(8)6-13/h8-10H,2-7,12H2,1H3. The number of carbonyl (C=O) groups excluding carboxylic acids is 1. The molecule has 2 N–H and O–H groups in total. The highest BCUT2D eigenvalue weighted by molar-refractivity contribution is 5.71. The van der Waals surface area contributed by atoms with E-state index in [0.29, 0.717) is 25.1 Å². The van der Waals surface area contributed by atoms with Gasteiger partial charge in [0.1, 0.15) is 0 Å². The first-order valence-corrected chi connectivity index (χ1v) is 5.84. The van der Waals surface area contributed by atoms with E-state index in [1.54, 1.807) is 0 Å². The normalized spacial score (nSPS) is 35.5. The van der Waals surface area contributed by atoms with Crippen LogP contribution < -0.4 is 5.73 Å². The number of likely N-dealkylation sites (tertiary alicyclic amines) is 1. The molecule has 1 saturated carbocycles. The largest absolute Gasteiger partial charge is 0.465 e. The molecule has 1 aliphatic carbocycles. The molecule has 0 radical (unpaired) electrons. The summed E-state index contributed by atoms with van der Waals surface area (Å²) in [6.07, 6.45) is 2.38. The van der Waals surface area contributed by atoms with E-state index in [2.05, 4.69) is 4.90 Å². The third-order valence-corrected chi connectivity index (χ3v) is 3.65. The van der Waals surface area contributed by atoms with Gasteiger partial charge in [-0.3, -0.25) is 9.69 Å². The molecular formula is C11H20N2O2. The number of nitrogens with two attached hydrogens (primary N) is 1. The van der Waals surface area contributed by atoms with Gasteiger partial charge < -0.3 is 10.5 Å². The summed E-state index contributed by atoms with van der Waals surface area (Å²) in [7, 11) is 0. The fourth-order valence-corrected chi connectivity index (χ4v) is 2.92. The molecular weight excluding hydrogens is 192 g/mol. The lowest BCUT2D eigenvalue weighted by atomic mass is 9.98. The van der Waals surface area contributed by atoms with Crippen LogP contribution in [0.25, 0.3) is 0 Å². The maximum atomic E-state index is 11.3. The summed E-state index contributed by atoms with van der Waals surface area (Å²) in [5.74, 6) is 1.22. The lowest BCUT2D eigenvalue weighted by Gasteiger charge is -2.16. The lowest BCUT2D eigenvalue weighted by Crippen LogP contribution is -2.33. The van der Waals surface area contributed by atoms with Crippen LogP contribution in [0.2, 0.25) is 0 Å². The summed E-state index contributed by atoms with van der Waals surface area (Å²) in [6, 6.07) is 0.349. The average Bonchev–Trinajstić information content (AvgIpc) is 2.69. The molecule has 1 heterocycles. The van der Waals surface area contributed by atoms with Crippen molar-refractivity contribution in [1.29, 1.82) is 0 Å². The molecule has 0 bridgehead atoms. The van der Waals surface area contributed by atoms with Gasteiger partial charge in [0.15, 0.2) is 0 Å². The van der Waals surface area contributed by atoms with E-state index in [0.717, 1.165) is 25.4 Å². The molecule has 2 fully saturated rings. The van der Waals surface area contributed by atoms with Crippen LogP contribution in [0.5, 0.6) is 0 Å². The number of hydrogen-bond acceptors (Lipinski definition) is 4. The molecule has 0 aromatic carbocycles. The third-order valence-electron chi connectivity index (χ3n) is 3.65. The molecule has 3 atom stereocenters. The second-order valence-electron chi connectivity index (χ2n) is 4.66. The van der Waals surface area contributed by atoms with E-state index >= 15 is 0 Å². The maximum Gasteiger partial charge on any atom is 0.320 e. The summed E-state index contributed by atoms with van der Waals surface area (Å²) in [4.78, 5) is 13.5. The summed E-state index contributed by atoms with van der Waals surface area (Å²) in [5.41, 5.74) is 6.03. The van der Waals surface area contributed by atoms with Crippen LogP contribution in [0, 0.1) is 11.8 Å². The van der Waals surface area contributed by atoms with Crippen molar-refractivity contribution in [3.05, 3.63) is 0 Å². The molecule has 0 amide bonds. The van der Waals surface area contributed by atoms with E-state index in [-0.39, 0.29) is 5.97 Å². The predicted octanol–water partition coefficient (Wildman–Crippen LogP) is 0.219. The lowest BCUT2D eigenvalue weighted by molar-refractivity contribution is -0.144. The van der Waals surface area contributed by atoms with Crippen molar-refractivity contribution in [1.82, 2.24) is 4.90 Å². The maximum absolute atomic E-state index is 11.3. The first kappa shape index (κ1) is 10.9. The Morgan fingerprint density at radius 1 is 1.47 bits per heavy atom. The molecule has 0 aromatic heterocycles. The highest BCUT2D eigenvalue weighted by Crippen LogP contribution is 2.36. The van der Waals surface area contributed by atoms with Gasteiger partial charge in [0, 0.05) is 19.1 Å². The third kappa shape index (κ3) is 2.32. The van der Waals surface area contributed by atoms with Gasteiger partial charge in [-0.2, -0.15) is 0 Å². The van der Waals surface area contributed by atoms with Crippen LogP contribution in [-0.4, -0.2) is 43.2 Å². The highest BCUT2D eigenvalue weighted by Gasteiger charge is 2.41. The van der Waals surface area contributed by atoms with Crippen molar-refractivity contribution in [2.24, 2.45) is 17.6 Å². The number of esters is 1. The summed E-state index contributed by atoms with van der Waals surface area (Å²) >= 11 is 0. The van der Waals surface area contributed by atoms with E-state index in [1.165, 1.54) is 6.42 Å². The van der Waals surface area contributed by atoms with Crippen LogP contribution in [0.1, 0.15) is 19.8 Å². The minimum absolute atomic E-state index is 0.106. The van der Waals surface area contributed by atoms with E-state index in [1.807, 2.05) is 6.92 Å². The van der Waals surface area contributed by atoms with Crippen LogP contribution in [0.4, 0.5) is 0 Å². The van der Waals surface area contributed by atoms with Crippen molar-refractivity contribution in [3.8, 4) is 0 Å². The molecule has 0 aromatic rings. The predicted molar refractivity (Wildman–Crippen MR) is 57.3 cm³/mol. The van der Waals surface area contributed by atoms with Crippen molar-refractivity contribution in [3.63, 3.8) is 0 Å². The molecule has 15 heavy (non-hydrogen) atoms. The number of fused-ring (bicyclic) bond motifs is 1. The molecule has 0 spiro atoms. The summed E-state index contributed by atoms with van der Waals surface area (Å²) < 4.78 is 4.94. The Hall–Kier alpha value is -0.610. The van der Waals surface area contributed by atoms with Gasteiger partial charge in [-0.05, 0) is 31.6 Å². The number of rotatable bonds is 3. The smallest absolute Gasteiger partial charge is 0.320 e. The molecule has 3 unspecified atom stereocenters. The van der Waals surface area contributed by atoms with E-state index in [9.17, 15) is 4.79 Å². The molecule has 1 aliphatic heterocycles. The van der Waals surface area contributed by atoms with Crippen molar-refractivity contribution in [2.75, 3.05) is 26.2 Å². The van der Waals surface area contributed by atoms with E-state index in [4.69, 9.17) is 10.5 Å². The number of hydrogen-bond donors (Lipinski definition) is 1. The summed E-state index contributed by atoms with van der Waals surface area (Å²) in [6.45, 7) is 4.75. The van der Waals surface area contributed by atoms with Crippen LogP contribution in [0.3, 0.4) is 0 Å². The Labute approximate surface area is 90.8 Å². The van der Waals surface area contributed by atoms with Gasteiger partial charge in [-0.15, -0.1) is 0 Å². The van der Waals surface area contributed by atoms with Gasteiger partial charge >= 0.3 is 5.97 Å². The molecule has 2 rings (SSSR count). The van der Waals surface area contributed by atoms with E-state index < -0.39 is 0 Å². The monoisotopic (exact) mass is 212 g/mol. The molecule has 4 nitrogen and oxygen atoms in total. The Balaban J connectivity index is 1.81. The quantitative estimate of drug-likeness (QED) is 0.680. The van der Waals surface area contributed by atoms with Crippen molar-refractivity contribution >= 4 is 5.97 Å². The zero-order valence-electron chi connectivity index (χ0n) is 9.32. The topological polar surface area (TPSA) is 55.6 Å².